The molecule has 1 saturated heterocycles. The highest BCUT2D eigenvalue weighted by Crippen LogP contribution is 2.21. The molecule has 1 aliphatic heterocycles. The molecule has 0 saturated carbocycles. The topological polar surface area (TPSA) is 39.5 Å². The molecule has 0 amide bonds. The number of anilines is 1. The van der Waals surface area contributed by atoms with Gasteiger partial charge in [-0.25, -0.2) is 4.39 Å². The van der Waals surface area contributed by atoms with Crippen LogP contribution in [0.25, 0.3) is 0 Å². The first-order valence-corrected chi connectivity index (χ1v) is 7.99. The van der Waals surface area contributed by atoms with Crippen molar-refractivity contribution in [2.24, 2.45) is 0 Å². The lowest BCUT2D eigenvalue weighted by Gasteiger charge is -2.36. The maximum atomic E-state index is 13.4. The lowest BCUT2D eigenvalue weighted by molar-refractivity contribution is 0.249. The maximum Gasteiger partial charge on any atom is 0.123 e. The predicted octanol–water partition coefficient (Wildman–Crippen LogP) is 3.03. The molecule has 3 rings (SSSR count). The second kappa shape index (κ2) is 7.33. The van der Waals surface area contributed by atoms with Crippen molar-refractivity contribution in [1.82, 2.24) is 4.90 Å². The first-order chi connectivity index (χ1) is 11.7. The van der Waals surface area contributed by atoms with Crippen molar-refractivity contribution in [3.63, 3.8) is 0 Å². The highest BCUT2D eigenvalue weighted by Gasteiger charge is 2.18. The Morgan fingerprint density at radius 3 is 2.42 bits per heavy atom. The Hall–Kier alpha value is -2.58. The Morgan fingerprint density at radius 1 is 1.08 bits per heavy atom. The minimum atomic E-state index is -0.291. The van der Waals surface area contributed by atoms with Crippen LogP contribution >= 0.6 is 0 Å². The highest BCUT2D eigenvalue weighted by molar-refractivity contribution is 5.49. The van der Waals surface area contributed by atoms with Gasteiger partial charge >= 0.3 is 0 Å². The zero-order valence-corrected chi connectivity index (χ0v) is 13.7. The van der Waals surface area contributed by atoms with Crippen LogP contribution in [0.3, 0.4) is 0 Å². The van der Waals surface area contributed by atoms with E-state index in [1.807, 2.05) is 12.1 Å². The van der Waals surface area contributed by atoms with Crippen LogP contribution in [-0.4, -0.2) is 38.2 Å². The van der Waals surface area contributed by atoms with E-state index in [2.05, 4.69) is 28.0 Å². The van der Waals surface area contributed by atoms with Crippen molar-refractivity contribution in [3.05, 3.63) is 59.4 Å². The third kappa shape index (κ3) is 3.66. The fourth-order valence-corrected chi connectivity index (χ4v) is 3.00. The van der Waals surface area contributed by atoms with Gasteiger partial charge in [0.2, 0.25) is 0 Å². The third-order valence-corrected chi connectivity index (χ3v) is 4.39. The predicted molar refractivity (Wildman–Crippen MR) is 91.6 cm³/mol. The van der Waals surface area contributed by atoms with Crippen molar-refractivity contribution in [2.45, 2.75) is 6.54 Å². The zero-order valence-electron chi connectivity index (χ0n) is 13.7. The summed E-state index contributed by atoms with van der Waals surface area (Å²) in [6.07, 6.45) is 0. The Bertz CT molecular complexity index is 731. The van der Waals surface area contributed by atoms with Crippen molar-refractivity contribution in [2.75, 3.05) is 38.2 Å². The van der Waals surface area contributed by atoms with Gasteiger partial charge in [-0.2, -0.15) is 5.26 Å². The number of halogens is 1. The summed E-state index contributed by atoms with van der Waals surface area (Å²) < 4.78 is 18.6. The second-order valence-corrected chi connectivity index (χ2v) is 5.87. The van der Waals surface area contributed by atoms with Gasteiger partial charge in [0.05, 0.1) is 18.7 Å². The molecule has 1 heterocycles. The summed E-state index contributed by atoms with van der Waals surface area (Å²) in [7, 11) is 1.66. The molecule has 1 fully saturated rings. The highest BCUT2D eigenvalue weighted by atomic mass is 19.1. The van der Waals surface area contributed by atoms with Crippen LogP contribution in [0.15, 0.2) is 42.5 Å². The number of rotatable bonds is 4. The Morgan fingerprint density at radius 2 is 1.79 bits per heavy atom. The fraction of sp³-hybridized carbons (Fsp3) is 0.316. The molecular weight excluding hydrogens is 305 g/mol. The molecule has 2 aromatic carbocycles. The molecule has 24 heavy (non-hydrogen) atoms. The van der Waals surface area contributed by atoms with Crippen LogP contribution in [0, 0.1) is 17.1 Å². The third-order valence-electron chi connectivity index (χ3n) is 4.39. The van der Waals surface area contributed by atoms with E-state index in [9.17, 15) is 4.39 Å². The van der Waals surface area contributed by atoms with Crippen molar-refractivity contribution < 1.29 is 9.13 Å². The summed E-state index contributed by atoms with van der Waals surface area (Å²) in [5.74, 6) is 0.563. The number of piperazine rings is 1. The van der Waals surface area contributed by atoms with Crippen LogP contribution in [0.1, 0.15) is 11.1 Å². The Balaban J connectivity index is 1.61. The number of nitriles is 1. The summed E-state index contributed by atoms with van der Waals surface area (Å²) in [5, 5.41) is 9.16. The molecule has 5 heteroatoms. The minimum Gasteiger partial charge on any atom is -0.497 e. The summed E-state index contributed by atoms with van der Waals surface area (Å²) in [6, 6.07) is 14.6. The van der Waals surface area contributed by atoms with Gasteiger partial charge < -0.3 is 9.64 Å². The van der Waals surface area contributed by atoms with Gasteiger partial charge in [-0.05, 0) is 48.0 Å². The monoisotopic (exact) mass is 325 g/mol. The van der Waals surface area contributed by atoms with E-state index in [1.54, 1.807) is 13.2 Å². The first-order valence-electron chi connectivity index (χ1n) is 7.99. The molecule has 1 aliphatic rings. The molecule has 0 N–H and O–H groups in total. The lowest BCUT2D eigenvalue weighted by Crippen LogP contribution is -2.46. The van der Waals surface area contributed by atoms with Gasteiger partial charge in [0.25, 0.3) is 0 Å². The summed E-state index contributed by atoms with van der Waals surface area (Å²) in [5.41, 5.74) is 2.49. The van der Waals surface area contributed by atoms with Crippen LogP contribution < -0.4 is 9.64 Å². The molecule has 0 radical (unpaired) electrons. The van der Waals surface area contributed by atoms with E-state index in [4.69, 9.17) is 10.00 Å². The van der Waals surface area contributed by atoms with Crippen LogP contribution in [0.4, 0.5) is 10.1 Å². The van der Waals surface area contributed by atoms with E-state index in [-0.39, 0.29) is 5.82 Å². The van der Waals surface area contributed by atoms with Gasteiger partial charge in [-0.15, -0.1) is 0 Å². The lowest BCUT2D eigenvalue weighted by atomic mass is 10.1. The van der Waals surface area contributed by atoms with E-state index < -0.39 is 0 Å². The van der Waals surface area contributed by atoms with Crippen molar-refractivity contribution in [3.8, 4) is 11.8 Å². The molecule has 0 atom stereocenters. The molecule has 4 nitrogen and oxygen atoms in total. The number of ether oxygens (including phenoxy) is 1. The summed E-state index contributed by atoms with van der Waals surface area (Å²) in [6.45, 7) is 4.19. The molecule has 0 bridgehead atoms. The SMILES string of the molecule is COc1ccc(N2CCN(Cc3cc(F)ccc3C#N)CC2)cc1. The summed E-state index contributed by atoms with van der Waals surface area (Å²) in [4.78, 5) is 4.59. The van der Waals surface area contributed by atoms with E-state index in [1.165, 1.54) is 17.8 Å². The van der Waals surface area contributed by atoms with Crippen molar-refractivity contribution in [1.29, 1.82) is 5.26 Å². The zero-order chi connectivity index (χ0) is 16.9. The normalized spacial score (nSPS) is 15.1. The Kier molecular flexibility index (Phi) is 4.97. The minimum absolute atomic E-state index is 0.291. The largest absolute Gasteiger partial charge is 0.497 e. The number of benzene rings is 2. The molecule has 2 aromatic rings. The molecule has 0 unspecified atom stereocenters. The number of hydrogen-bond acceptors (Lipinski definition) is 4. The number of nitrogens with zero attached hydrogens (tertiary/aromatic N) is 3. The van der Waals surface area contributed by atoms with Gasteiger partial charge in [-0.3, -0.25) is 4.90 Å². The molecule has 0 aromatic heterocycles. The van der Waals surface area contributed by atoms with E-state index in [0.29, 0.717) is 12.1 Å². The molecule has 0 spiro atoms. The van der Waals surface area contributed by atoms with Crippen LogP contribution in [-0.2, 0) is 6.54 Å². The second-order valence-electron chi connectivity index (χ2n) is 5.87. The average molecular weight is 325 g/mol. The molecular formula is C19H20FN3O. The quantitative estimate of drug-likeness (QED) is 0.866. The van der Waals surface area contributed by atoms with Gasteiger partial charge in [0, 0.05) is 38.4 Å². The van der Waals surface area contributed by atoms with Crippen molar-refractivity contribution >= 4 is 5.69 Å². The van der Waals surface area contributed by atoms with Gasteiger partial charge in [0.15, 0.2) is 0 Å². The van der Waals surface area contributed by atoms with Crippen LogP contribution in [0.5, 0.6) is 5.75 Å². The molecule has 0 aliphatic carbocycles. The maximum absolute atomic E-state index is 13.4. The first kappa shape index (κ1) is 16.3. The van der Waals surface area contributed by atoms with Gasteiger partial charge in [0.1, 0.15) is 11.6 Å². The summed E-state index contributed by atoms with van der Waals surface area (Å²) >= 11 is 0. The van der Waals surface area contributed by atoms with Gasteiger partial charge in [-0.1, -0.05) is 0 Å². The van der Waals surface area contributed by atoms with E-state index in [0.717, 1.165) is 37.5 Å². The van der Waals surface area contributed by atoms with Crippen LogP contribution in [0.2, 0.25) is 0 Å². The fourth-order valence-electron chi connectivity index (χ4n) is 3.00. The standard InChI is InChI=1S/C19H20FN3O/c1-24-19-6-4-18(5-7-19)23-10-8-22(9-11-23)14-16-12-17(20)3-2-15(16)13-21/h2-7,12H,8-11,14H2,1H3. The smallest absolute Gasteiger partial charge is 0.123 e. The molecule has 124 valence electrons. The Labute approximate surface area is 141 Å². The van der Waals surface area contributed by atoms with E-state index >= 15 is 0 Å². The average Bonchev–Trinajstić information content (AvgIpc) is 2.63. The number of methoxy groups -OCH3 is 1. The number of hydrogen-bond donors (Lipinski definition) is 0.